The van der Waals surface area contributed by atoms with Crippen LogP contribution >= 0.6 is 0 Å². The van der Waals surface area contributed by atoms with Gasteiger partial charge in [-0.3, -0.25) is 4.79 Å². The zero-order chi connectivity index (χ0) is 14.9. The minimum absolute atomic E-state index is 0.0120. The molecule has 4 atom stereocenters. The van der Waals surface area contributed by atoms with Crippen molar-refractivity contribution >= 4 is 15.7 Å². The Hall–Kier alpha value is -0.620. The number of aliphatic hydroxyl groups is 1. The van der Waals surface area contributed by atoms with Crippen LogP contribution in [0.15, 0.2) is 0 Å². The molecule has 0 aromatic rings. The summed E-state index contributed by atoms with van der Waals surface area (Å²) >= 11 is 0. The van der Waals surface area contributed by atoms with Crippen molar-refractivity contribution in [2.24, 2.45) is 5.92 Å². The Morgan fingerprint density at radius 2 is 1.90 bits per heavy atom. The fourth-order valence-electron chi connectivity index (χ4n) is 3.51. The van der Waals surface area contributed by atoms with E-state index in [0.717, 1.165) is 44.8 Å². The third-order valence-electron chi connectivity index (χ3n) is 4.85. The van der Waals surface area contributed by atoms with Gasteiger partial charge in [-0.15, -0.1) is 0 Å². The molecule has 0 radical (unpaired) electrons. The average molecular weight is 303 g/mol. The van der Waals surface area contributed by atoms with Crippen LogP contribution in [0.2, 0.25) is 0 Å². The highest BCUT2D eigenvalue weighted by Crippen LogP contribution is 2.35. The SMILES string of the molecule is CC(C(=O)N1CCCCC1C1CCCC1O)S(C)(=O)=O. The number of carbonyl (C=O) groups excluding carboxylic acids is 1. The van der Waals surface area contributed by atoms with Gasteiger partial charge >= 0.3 is 0 Å². The minimum Gasteiger partial charge on any atom is -0.393 e. The minimum atomic E-state index is -3.37. The molecule has 1 aliphatic heterocycles. The van der Waals surface area contributed by atoms with E-state index in [4.69, 9.17) is 0 Å². The van der Waals surface area contributed by atoms with E-state index in [9.17, 15) is 18.3 Å². The van der Waals surface area contributed by atoms with Crippen molar-refractivity contribution in [2.45, 2.75) is 62.8 Å². The van der Waals surface area contributed by atoms with Crippen molar-refractivity contribution in [2.75, 3.05) is 12.8 Å². The fraction of sp³-hybridized carbons (Fsp3) is 0.929. The van der Waals surface area contributed by atoms with Crippen molar-refractivity contribution in [3.8, 4) is 0 Å². The van der Waals surface area contributed by atoms with Crippen LogP contribution in [0, 0.1) is 5.92 Å². The molecule has 2 fully saturated rings. The normalized spacial score (nSPS) is 33.1. The Morgan fingerprint density at radius 1 is 1.20 bits per heavy atom. The van der Waals surface area contributed by atoms with Crippen molar-refractivity contribution < 1.29 is 18.3 Å². The molecule has 4 unspecified atom stereocenters. The third-order valence-corrected chi connectivity index (χ3v) is 6.33. The summed E-state index contributed by atoms with van der Waals surface area (Å²) in [5.41, 5.74) is 0. The molecule has 1 saturated carbocycles. The van der Waals surface area contributed by atoms with Crippen LogP contribution in [0.25, 0.3) is 0 Å². The van der Waals surface area contributed by atoms with Gasteiger partial charge in [0.2, 0.25) is 5.91 Å². The lowest BCUT2D eigenvalue weighted by Crippen LogP contribution is -2.53. The lowest BCUT2D eigenvalue weighted by Gasteiger charge is -2.41. The summed E-state index contributed by atoms with van der Waals surface area (Å²) in [6.07, 6.45) is 6.33. The first-order valence-corrected chi connectivity index (χ1v) is 9.45. The van der Waals surface area contributed by atoms with Crippen LogP contribution in [0.3, 0.4) is 0 Å². The number of hydrogen-bond acceptors (Lipinski definition) is 4. The third kappa shape index (κ3) is 3.17. The molecule has 2 aliphatic rings. The summed E-state index contributed by atoms with van der Waals surface area (Å²) < 4.78 is 23.2. The van der Waals surface area contributed by atoms with E-state index >= 15 is 0 Å². The lowest BCUT2D eigenvalue weighted by atomic mass is 9.87. The number of hydrogen-bond donors (Lipinski definition) is 1. The van der Waals surface area contributed by atoms with Gasteiger partial charge in [-0.05, 0) is 39.0 Å². The molecule has 1 saturated heterocycles. The Bertz CT molecular complexity index is 462. The molecule has 1 heterocycles. The van der Waals surface area contributed by atoms with Gasteiger partial charge < -0.3 is 10.0 Å². The van der Waals surface area contributed by atoms with Gasteiger partial charge in [0.25, 0.3) is 0 Å². The smallest absolute Gasteiger partial charge is 0.240 e. The molecule has 6 heteroatoms. The molecule has 20 heavy (non-hydrogen) atoms. The predicted octanol–water partition coefficient (Wildman–Crippen LogP) is 0.962. The zero-order valence-corrected chi connectivity index (χ0v) is 13.1. The van der Waals surface area contributed by atoms with Gasteiger partial charge in [0.15, 0.2) is 9.84 Å². The number of aliphatic hydroxyl groups excluding tert-OH is 1. The molecule has 2 rings (SSSR count). The van der Waals surface area contributed by atoms with E-state index in [2.05, 4.69) is 0 Å². The Labute approximate surface area is 121 Å². The largest absolute Gasteiger partial charge is 0.393 e. The van der Waals surface area contributed by atoms with Gasteiger partial charge in [-0.1, -0.05) is 6.42 Å². The van der Waals surface area contributed by atoms with E-state index in [0.29, 0.717) is 6.54 Å². The zero-order valence-electron chi connectivity index (χ0n) is 12.3. The van der Waals surface area contributed by atoms with Crippen molar-refractivity contribution in [3.05, 3.63) is 0 Å². The van der Waals surface area contributed by atoms with E-state index in [1.54, 1.807) is 4.90 Å². The second-order valence-electron chi connectivity index (χ2n) is 6.23. The molecule has 0 bridgehead atoms. The lowest BCUT2D eigenvalue weighted by molar-refractivity contribution is -0.136. The number of likely N-dealkylation sites (tertiary alicyclic amines) is 1. The first-order valence-electron chi connectivity index (χ1n) is 7.50. The number of rotatable bonds is 3. The number of sulfone groups is 1. The van der Waals surface area contributed by atoms with Gasteiger partial charge in [0.05, 0.1) is 6.10 Å². The van der Waals surface area contributed by atoms with Crippen LogP contribution in [0.5, 0.6) is 0 Å². The Balaban J connectivity index is 2.16. The number of carbonyl (C=O) groups is 1. The molecular formula is C14H25NO4S. The summed E-state index contributed by atoms with van der Waals surface area (Å²) in [5.74, 6) is -0.178. The first kappa shape index (κ1) is 15.8. The predicted molar refractivity (Wildman–Crippen MR) is 77.0 cm³/mol. The standard InChI is InChI=1S/C14H25NO4S/c1-10(20(2,18)19)14(17)15-9-4-3-7-12(15)11-6-5-8-13(11)16/h10-13,16H,3-9H2,1-2H3. The summed E-state index contributed by atoms with van der Waals surface area (Å²) in [4.78, 5) is 14.2. The Kier molecular flexibility index (Phi) is 4.74. The van der Waals surface area contributed by atoms with E-state index in [-0.39, 0.29) is 24.0 Å². The van der Waals surface area contributed by atoms with E-state index in [1.165, 1.54) is 6.92 Å². The highest BCUT2D eigenvalue weighted by molar-refractivity contribution is 7.92. The maximum absolute atomic E-state index is 12.5. The first-order chi connectivity index (χ1) is 9.32. The highest BCUT2D eigenvalue weighted by atomic mass is 32.2. The number of piperidine rings is 1. The molecule has 1 aliphatic carbocycles. The van der Waals surface area contributed by atoms with Crippen LogP contribution in [-0.4, -0.2) is 54.5 Å². The second kappa shape index (κ2) is 6.02. The fourth-order valence-corrected chi connectivity index (χ4v) is 4.01. The van der Waals surface area contributed by atoms with Gasteiger partial charge in [0, 0.05) is 24.8 Å². The summed E-state index contributed by atoms with van der Waals surface area (Å²) in [7, 11) is -3.37. The average Bonchev–Trinajstić information content (AvgIpc) is 2.82. The molecule has 1 N–H and O–H groups in total. The van der Waals surface area contributed by atoms with Crippen LogP contribution in [0.4, 0.5) is 0 Å². The molecule has 1 amide bonds. The molecule has 0 spiro atoms. The highest BCUT2D eigenvalue weighted by Gasteiger charge is 2.41. The quantitative estimate of drug-likeness (QED) is 0.843. The van der Waals surface area contributed by atoms with E-state index in [1.807, 2.05) is 0 Å². The summed E-state index contributed by atoms with van der Waals surface area (Å²) in [5, 5.41) is 9.10. The molecule has 0 aromatic heterocycles. The summed E-state index contributed by atoms with van der Waals surface area (Å²) in [6.45, 7) is 2.08. The van der Waals surface area contributed by atoms with Gasteiger partial charge in [-0.2, -0.15) is 0 Å². The molecule has 0 aromatic carbocycles. The molecular weight excluding hydrogens is 278 g/mol. The van der Waals surface area contributed by atoms with Crippen molar-refractivity contribution in [1.29, 1.82) is 0 Å². The van der Waals surface area contributed by atoms with Crippen LogP contribution < -0.4 is 0 Å². The van der Waals surface area contributed by atoms with Crippen LogP contribution in [-0.2, 0) is 14.6 Å². The number of amides is 1. The Morgan fingerprint density at radius 3 is 2.45 bits per heavy atom. The van der Waals surface area contributed by atoms with Crippen molar-refractivity contribution in [1.82, 2.24) is 4.90 Å². The van der Waals surface area contributed by atoms with Gasteiger partial charge in [0.1, 0.15) is 5.25 Å². The maximum atomic E-state index is 12.5. The topological polar surface area (TPSA) is 74.7 Å². The van der Waals surface area contributed by atoms with E-state index < -0.39 is 15.1 Å². The molecule has 116 valence electrons. The second-order valence-corrected chi connectivity index (χ2v) is 8.59. The molecule has 5 nitrogen and oxygen atoms in total. The summed E-state index contributed by atoms with van der Waals surface area (Å²) in [6, 6.07) is 0.0120. The maximum Gasteiger partial charge on any atom is 0.240 e. The number of nitrogens with zero attached hydrogens (tertiary/aromatic N) is 1. The van der Waals surface area contributed by atoms with Crippen LogP contribution in [0.1, 0.15) is 45.4 Å². The van der Waals surface area contributed by atoms with Crippen molar-refractivity contribution in [3.63, 3.8) is 0 Å². The van der Waals surface area contributed by atoms with Gasteiger partial charge in [-0.25, -0.2) is 8.42 Å². The monoisotopic (exact) mass is 303 g/mol.